The summed E-state index contributed by atoms with van der Waals surface area (Å²) in [6.07, 6.45) is 1.07. The molecule has 2 saturated heterocycles. The Labute approximate surface area is 90.2 Å². The average molecular weight is 234 g/mol. The first kappa shape index (κ1) is 11.3. The predicted molar refractivity (Wildman–Crippen MR) is 57.2 cm³/mol. The van der Waals surface area contributed by atoms with Crippen molar-refractivity contribution in [2.24, 2.45) is 5.73 Å². The van der Waals surface area contributed by atoms with Crippen molar-refractivity contribution in [3.05, 3.63) is 0 Å². The van der Waals surface area contributed by atoms with Gasteiger partial charge in [0.15, 0.2) is 9.84 Å². The van der Waals surface area contributed by atoms with E-state index in [1.54, 1.807) is 0 Å². The molecule has 0 unspecified atom stereocenters. The van der Waals surface area contributed by atoms with Crippen molar-refractivity contribution in [1.82, 2.24) is 4.90 Å². The van der Waals surface area contributed by atoms with E-state index in [0.29, 0.717) is 0 Å². The molecule has 2 aliphatic rings. The van der Waals surface area contributed by atoms with E-state index in [9.17, 15) is 13.5 Å². The average Bonchev–Trinajstić information content (AvgIpc) is 2.41. The van der Waals surface area contributed by atoms with Gasteiger partial charge in [0.2, 0.25) is 0 Å². The van der Waals surface area contributed by atoms with Crippen molar-refractivity contribution in [3.63, 3.8) is 0 Å². The normalized spacial score (nSPS) is 38.3. The second-order valence-corrected chi connectivity index (χ2v) is 6.74. The first-order chi connectivity index (χ1) is 6.98. The summed E-state index contributed by atoms with van der Waals surface area (Å²) in [7, 11) is -3.03. The van der Waals surface area contributed by atoms with Crippen molar-refractivity contribution in [3.8, 4) is 0 Å². The molecule has 2 fully saturated rings. The minimum atomic E-state index is -3.03. The first-order valence-electron chi connectivity index (χ1n) is 5.36. The van der Waals surface area contributed by atoms with Crippen LogP contribution in [0.4, 0.5) is 0 Å². The molecule has 3 N–H and O–H groups in total. The molecule has 0 aromatic heterocycles. The zero-order chi connectivity index (χ0) is 11.1. The van der Waals surface area contributed by atoms with E-state index in [0.717, 1.165) is 25.9 Å². The maximum atomic E-state index is 11.3. The standard InChI is InChI=1S/C9H18N2O3S/c10-7-1-3-11(4-2-7)8-5-15(13,14)6-9(8)12/h7-9,12H,1-6,10H2/t8-,9-/m1/s1. The highest BCUT2D eigenvalue weighted by Crippen LogP contribution is 2.21. The number of nitrogens with zero attached hydrogens (tertiary/aromatic N) is 1. The summed E-state index contributed by atoms with van der Waals surface area (Å²) < 4.78 is 22.7. The monoisotopic (exact) mass is 234 g/mol. The number of sulfone groups is 1. The molecule has 5 nitrogen and oxygen atoms in total. The molecule has 88 valence electrons. The predicted octanol–water partition coefficient (Wildman–Crippen LogP) is -1.43. The smallest absolute Gasteiger partial charge is 0.154 e. The second-order valence-electron chi connectivity index (χ2n) is 4.58. The molecule has 0 aromatic rings. The number of nitrogens with two attached hydrogens (primary N) is 1. The van der Waals surface area contributed by atoms with E-state index in [1.807, 2.05) is 0 Å². The van der Waals surface area contributed by atoms with E-state index in [1.165, 1.54) is 0 Å². The fourth-order valence-electron chi connectivity index (χ4n) is 2.41. The van der Waals surface area contributed by atoms with Crippen LogP contribution in [0.3, 0.4) is 0 Å². The highest BCUT2D eigenvalue weighted by molar-refractivity contribution is 7.91. The van der Waals surface area contributed by atoms with E-state index in [4.69, 9.17) is 5.73 Å². The number of aliphatic hydroxyl groups is 1. The molecule has 2 aliphatic heterocycles. The minimum Gasteiger partial charge on any atom is -0.390 e. The van der Waals surface area contributed by atoms with Crippen LogP contribution in [0.5, 0.6) is 0 Å². The van der Waals surface area contributed by atoms with Crippen LogP contribution in [0.2, 0.25) is 0 Å². The molecule has 2 atom stereocenters. The van der Waals surface area contributed by atoms with Crippen LogP contribution in [0.1, 0.15) is 12.8 Å². The lowest BCUT2D eigenvalue weighted by molar-refractivity contribution is 0.0669. The molecule has 2 heterocycles. The summed E-state index contributed by atoms with van der Waals surface area (Å²) in [6, 6.07) is 0.0268. The van der Waals surface area contributed by atoms with Gasteiger partial charge in [0.1, 0.15) is 0 Å². The summed E-state index contributed by atoms with van der Waals surface area (Å²) >= 11 is 0. The Balaban J connectivity index is 2.00. The third kappa shape index (κ3) is 2.50. The summed E-state index contributed by atoms with van der Waals surface area (Å²) in [5.74, 6) is 0.0175. The van der Waals surface area contributed by atoms with Crippen LogP contribution >= 0.6 is 0 Å². The van der Waals surface area contributed by atoms with Gasteiger partial charge in [-0.1, -0.05) is 0 Å². The van der Waals surface area contributed by atoms with Gasteiger partial charge < -0.3 is 10.8 Å². The summed E-state index contributed by atoms with van der Waals surface area (Å²) in [6.45, 7) is 1.61. The number of hydrogen-bond donors (Lipinski definition) is 2. The van der Waals surface area contributed by atoms with Gasteiger partial charge in [0.05, 0.1) is 23.7 Å². The summed E-state index contributed by atoms with van der Waals surface area (Å²) in [5, 5.41) is 9.69. The molecule has 0 bridgehead atoms. The highest BCUT2D eigenvalue weighted by atomic mass is 32.2. The molecule has 0 aromatic carbocycles. The van der Waals surface area contributed by atoms with E-state index in [-0.39, 0.29) is 23.6 Å². The van der Waals surface area contributed by atoms with Gasteiger partial charge in [0.25, 0.3) is 0 Å². The van der Waals surface area contributed by atoms with Crippen molar-refractivity contribution in [2.75, 3.05) is 24.6 Å². The Morgan fingerprint density at radius 3 is 2.27 bits per heavy atom. The fraction of sp³-hybridized carbons (Fsp3) is 1.00. The van der Waals surface area contributed by atoms with Crippen molar-refractivity contribution in [1.29, 1.82) is 0 Å². The fourth-order valence-corrected chi connectivity index (χ4v) is 4.24. The summed E-state index contributed by atoms with van der Waals surface area (Å²) in [4.78, 5) is 2.07. The molecule has 0 amide bonds. The number of hydrogen-bond acceptors (Lipinski definition) is 5. The topological polar surface area (TPSA) is 83.6 Å². The van der Waals surface area contributed by atoms with Crippen molar-refractivity contribution >= 4 is 9.84 Å². The Morgan fingerprint density at radius 1 is 1.20 bits per heavy atom. The Morgan fingerprint density at radius 2 is 1.80 bits per heavy atom. The first-order valence-corrected chi connectivity index (χ1v) is 7.18. The zero-order valence-corrected chi connectivity index (χ0v) is 9.49. The SMILES string of the molecule is NC1CCN([C@@H]2CS(=O)(=O)C[C@H]2O)CC1. The lowest BCUT2D eigenvalue weighted by Gasteiger charge is -2.35. The van der Waals surface area contributed by atoms with Gasteiger partial charge in [-0.25, -0.2) is 8.42 Å². The number of likely N-dealkylation sites (tertiary alicyclic amines) is 1. The van der Waals surface area contributed by atoms with Crippen LogP contribution in [0, 0.1) is 0 Å². The maximum Gasteiger partial charge on any atom is 0.154 e. The van der Waals surface area contributed by atoms with Crippen LogP contribution in [0.15, 0.2) is 0 Å². The number of piperidine rings is 1. The molecule has 0 spiro atoms. The molecule has 2 rings (SSSR count). The molecule has 6 heteroatoms. The Hall–Kier alpha value is -0.170. The van der Waals surface area contributed by atoms with Crippen molar-refractivity contribution in [2.45, 2.75) is 31.0 Å². The van der Waals surface area contributed by atoms with Gasteiger partial charge in [0, 0.05) is 19.1 Å². The van der Waals surface area contributed by atoms with E-state index in [2.05, 4.69) is 4.90 Å². The van der Waals surface area contributed by atoms with Crippen LogP contribution < -0.4 is 5.73 Å². The second kappa shape index (κ2) is 4.01. The van der Waals surface area contributed by atoms with Gasteiger partial charge in [-0.15, -0.1) is 0 Å². The van der Waals surface area contributed by atoms with Crippen LogP contribution in [0.25, 0.3) is 0 Å². The summed E-state index contributed by atoms with van der Waals surface area (Å²) in [5.41, 5.74) is 5.78. The van der Waals surface area contributed by atoms with Gasteiger partial charge in [-0.3, -0.25) is 4.90 Å². The third-order valence-corrected chi connectivity index (χ3v) is 5.04. The van der Waals surface area contributed by atoms with Gasteiger partial charge in [-0.2, -0.15) is 0 Å². The van der Waals surface area contributed by atoms with E-state index >= 15 is 0 Å². The Kier molecular flexibility index (Phi) is 3.03. The molecule has 0 radical (unpaired) electrons. The number of rotatable bonds is 1. The van der Waals surface area contributed by atoms with Crippen molar-refractivity contribution < 1.29 is 13.5 Å². The molecular weight excluding hydrogens is 216 g/mol. The third-order valence-electron chi connectivity index (χ3n) is 3.34. The lowest BCUT2D eigenvalue weighted by atomic mass is 10.0. The minimum absolute atomic E-state index is 0.0831. The lowest BCUT2D eigenvalue weighted by Crippen LogP contribution is -2.49. The van der Waals surface area contributed by atoms with Crippen LogP contribution in [-0.2, 0) is 9.84 Å². The zero-order valence-electron chi connectivity index (χ0n) is 8.67. The van der Waals surface area contributed by atoms with Gasteiger partial charge >= 0.3 is 0 Å². The molecular formula is C9H18N2O3S. The van der Waals surface area contributed by atoms with Gasteiger partial charge in [-0.05, 0) is 12.8 Å². The Bertz CT molecular complexity index is 322. The maximum absolute atomic E-state index is 11.3. The molecule has 0 aliphatic carbocycles. The molecule has 0 saturated carbocycles. The quantitative estimate of drug-likeness (QED) is 0.581. The molecule has 15 heavy (non-hydrogen) atoms. The van der Waals surface area contributed by atoms with E-state index < -0.39 is 15.9 Å². The van der Waals surface area contributed by atoms with Crippen LogP contribution in [-0.4, -0.2) is 61.2 Å². The number of aliphatic hydroxyl groups excluding tert-OH is 1. The highest BCUT2D eigenvalue weighted by Gasteiger charge is 2.40. The largest absolute Gasteiger partial charge is 0.390 e.